The number of benzene rings is 2. The fraction of sp³-hybridized carbons (Fsp3) is 0.250. The van der Waals surface area contributed by atoms with Gasteiger partial charge >= 0.3 is 0 Å². The van der Waals surface area contributed by atoms with Crippen LogP contribution < -0.4 is 10.1 Å². The van der Waals surface area contributed by atoms with Crippen LogP contribution in [0.2, 0.25) is 0 Å². The maximum absolute atomic E-state index is 14.2. The van der Waals surface area contributed by atoms with Gasteiger partial charge in [0.1, 0.15) is 5.82 Å². The van der Waals surface area contributed by atoms with Gasteiger partial charge in [-0.1, -0.05) is 31.9 Å². The summed E-state index contributed by atoms with van der Waals surface area (Å²) < 4.78 is 32.9. The van der Waals surface area contributed by atoms with Crippen molar-refractivity contribution in [1.82, 2.24) is 4.98 Å². The molecule has 0 amide bonds. The molecule has 26 heavy (non-hydrogen) atoms. The van der Waals surface area contributed by atoms with E-state index in [0.717, 1.165) is 19.3 Å². The highest BCUT2D eigenvalue weighted by molar-refractivity contribution is 7.14. The number of halogens is 2. The molecule has 0 atom stereocenters. The Morgan fingerprint density at radius 2 is 2.00 bits per heavy atom. The zero-order valence-electron chi connectivity index (χ0n) is 14.5. The van der Waals surface area contributed by atoms with Crippen molar-refractivity contribution < 1.29 is 13.5 Å². The highest BCUT2D eigenvalue weighted by Gasteiger charge is 2.08. The van der Waals surface area contributed by atoms with E-state index >= 15 is 0 Å². The summed E-state index contributed by atoms with van der Waals surface area (Å²) in [5.74, 6) is -0.457. The summed E-state index contributed by atoms with van der Waals surface area (Å²) in [6, 6.07) is 11.0. The van der Waals surface area contributed by atoms with Gasteiger partial charge in [-0.05, 0) is 30.7 Å². The van der Waals surface area contributed by atoms with E-state index in [0.29, 0.717) is 28.7 Å². The number of thiazole rings is 1. The van der Waals surface area contributed by atoms with Crippen molar-refractivity contribution in [3.05, 3.63) is 59.5 Å². The number of rotatable bonds is 8. The van der Waals surface area contributed by atoms with Crippen LogP contribution in [-0.2, 0) is 0 Å². The lowest BCUT2D eigenvalue weighted by Crippen LogP contribution is -2.00. The summed E-state index contributed by atoms with van der Waals surface area (Å²) in [4.78, 5) is 4.43. The Kier molecular flexibility index (Phi) is 6.17. The van der Waals surface area contributed by atoms with Crippen LogP contribution in [0.25, 0.3) is 11.3 Å². The van der Waals surface area contributed by atoms with Gasteiger partial charge in [-0.3, -0.25) is 0 Å². The molecule has 1 N–H and O–H groups in total. The maximum atomic E-state index is 14.2. The number of hydrogen-bond acceptors (Lipinski definition) is 4. The van der Waals surface area contributed by atoms with E-state index in [4.69, 9.17) is 4.74 Å². The summed E-state index contributed by atoms with van der Waals surface area (Å²) in [5, 5.41) is 5.51. The minimum atomic E-state index is -0.409. The first-order valence-corrected chi connectivity index (χ1v) is 9.44. The van der Waals surface area contributed by atoms with Crippen molar-refractivity contribution in [2.45, 2.75) is 26.2 Å². The zero-order valence-corrected chi connectivity index (χ0v) is 15.3. The fourth-order valence-corrected chi connectivity index (χ4v) is 3.20. The summed E-state index contributed by atoms with van der Waals surface area (Å²) in [5.41, 5.74) is 1.97. The Morgan fingerprint density at radius 1 is 1.12 bits per heavy atom. The van der Waals surface area contributed by atoms with Crippen LogP contribution in [0.4, 0.5) is 19.6 Å². The van der Waals surface area contributed by atoms with Gasteiger partial charge in [-0.25, -0.2) is 13.8 Å². The van der Waals surface area contributed by atoms with Crippen molar-refractivity contribution in [2.24, 2.45) is 0 Å². The minimum Gasteiger partial charge on any atom is -0.491 e. The number of aromatic nitrogens is 1. The van der Waals surface area contributed by atoms with E-state index in [-0.39, 0.29) is 11.6 Å². The molecule has 0 bridgehead atoms. The lowest BCUT2D eigenvalue weighted by atomic mass is 10.2. The van der Waals surface area contributed by atoms with Crippen molar-refractivity contribution in [3.63, 3.8) is 0 Å². The fourth-order valence-electron chi connectivity index (χ4n) is 2.46. The van der Waals surface area contributed by atoms with Crippen LogP contribution in [0.1, 0.15) is 26.2 Å². The summed E-state index contributed by atoms with van der Waals surface area (Å²) >= 11 is 1.38. The van der Waals surface area contributed by atoms with Crippen LogP contribution in [0.5, 0.6) is 5.75 Å². The second-order valence-corrected chi connectivity index (χ2v) is 6.73. The number of unbranched alkanes of at least 4 members (excludes halogenated alkanes) is 2. The average molecular weight is 374 g/mol. The molecule has 1 aromatic heterocycles. The first-order chi connectivity index (χ1) is 12.7. The molecule has 0 saturated heterocycles. The third-order valence-corrected chi connectivity index (χ3v) is 4.57. The van der Waals surface area contributed by atoms with Crippen molar-refractivity contribution in [3.8, 4) is 17.0 Å². The Morgan fingerprint density at radius 3 is 2.77 bits per heavy atom. The van der Waals surface area contributed by atoms with Gasteiger partial charge in [-0.15, -0.1) is 11.3 Å². The van der Waals surface area contributed by atoms with Crippen LogP contribution >= 0.6 is 11.3 Å². The number of nitrogens with one attached hydrogen (secondary N) is 1. The Balaban J connectivity index is 1.65. The number of ether oxygens (including phenoxy) is 1. The number of hydrogen-bond donors (Lipinski definition) is 1. The van der Waals surface area contributed by atoms with E-state index in [1.54, 1.807) is 24.3 Å². The number of nitrogens with zero attached hydrogens (tertiary/aromatic N) is 1. The molecule has 2 aromatic carbocycles. The summed E-state index contributed by atoms with van der Waals surface area (Å²) in [6.07, 6.45) is 3.08. The quantitative estimate of drug-likeness (QED) is 0.463. The molecule has 3 rings (SSSR count). The largest absolute Gasteiger partial charge is 0.491 e. The Hall–Kier alpha value is -2.47. The molecule has 0 aliphatic rings. The predicted octanol–water partition coefficient (Wildman–Crippen LogP) is 6.40. The third kappa shape index (κ3) is 4.79. The van der Waals surface area contributed by atoms with E-state index < -0.39 is 5.82 Å². The summed E-state index contributed by atoms with van der Waals surface area (Å²) in [6.45, 7) is 2.63. The number of anilines is 2. The zero-order chi connectivity index (χ0) is 18.4. The maximum Gasteiger partial charge on any atom is 0.187 e. The van der Waals surface area contributed by atoms with Crippen LogP contribution in [-0.4, -0.2) is 11.6 Å². The molecule has 0 aliphatic heterocycles. The van der Waals surface area contributed by atoms with Gasteiger partial charge in [0.2, 0.25) is 0 Å². The predicted molar refractivity (Wildman–Crippen MR) is 102 cm³/mol. The first-order valence-electron chi connectivity index (χ1n) is 8.56. The van der Waals surface area contributed by atoms with E-state index in [9.17, 15) is 8.78 Å². The van der Waals surface area contributed by atoms with Crippen LogP contribution in [0.3, 0.4) is 0 Å². The monoisotopic (exact) mass is 374 g/mol. The molecular weight excluding hydrogens is 354 g/mol. The van der Waals surface area contributed by atoms with Gasteiger partial charge in [0, 0.05) is 22.7 Å². The van der Waals surface area contributed by atoms with Crippen LogP contribution in [0.15, 0.2) is 47.8 Å². The molecule has 1 heterocycles. The smallest absolute Gasteiger partial charge is 0.187 e. The third-order valence-electron chi connectivity index (χ3n) is 3.81. The molecule has 136 valence electrons. The van der Waals surface area contributed by atoms with E-state index in [2.05, 4.69) is 17.2 Å². The van der Waals surface area contributed by atoms with Gasteiger partial charge in [-0.2, -0.15) is 0 Å². The van der Waals surface area contributed by atoms with Gasteiger partial charge in [0.05, 0.1) is 12.3 Å². The molecule has 0 saturated carbocycles. The summed E-state index contributed by atoms with van der Waals surface area (Å²) in [7, 11) is 0. The average Bonchev–Trinajstić information content (AvgIpc) is 3.09. The molecule has 0 fully saturated rings. The SMILES string of the molecule is CCCCCOc1ccc(Nc2nc(-c3cccc(F)c3)cs2)cc1F. The molecular formula is C20H20F2N2OS. The lowest BCUT2D eigenvalue weighted by Gasteiger charge is -2.09. The normalized spacial score (nSPS) is 10.7. The Bertz CT molecular complexity index is 867. The molecule has 0 aliphatic carbocycles. The van der Waals surface area contributed by atoms with Crippen LogP contribution in [0, 0.1) is 11.6 Å². The topological polar surface area (TPSA) is 34.1 Å². The standard InChI is InChI=1S/C20H20F2N2OS/c1-2-3-4-10-25-19-9-8-16(12-17(19)22)23-20-24-18(13-26-20)14-6-5-7-15(21)11-14/h5-9,11-13H,2-4,10H2,1H3,(H,23,24). The lowest BCUT2D eigenvalue weighted by molar-refractivity contribution is 0.291. The van der Waals surface area contributed by atoms with Gasteiger partial charge in [0.15, 0.2) is 16.7 Å². The highest BCUT2D eigenvalue weighted by atomic mass is 32.1. The van der Waals surface area contributed by atoms with Gasteiger partial charge in [0.25, 0.3) is 0 Å². The first kappa shape index (κ1) is 18.3. The highest BCUT2D eigenvalue weighted by Crippen LogP contribution is 2.29. The van der Waals surface area contributed by atoms with E-state index in [1.807, 2.05) is 5.38 Å². The second kappa shape index (κ2) is 8.76. The second-order valence-electron chi connectivity index (χ2n) is 5.87. The van der Waals surface area contributed by atoms with Crippen molar-refractivity contribution in [2.75, 3.05) is 11.9 Å². The molecule has 0 unspecified atom stereocenters. The molecule has 0 spiro atoms. The molecule has 0 radical (unpaired) electrons. The van der Waals surface area contributed by atoms with Crippen molar-refractivity contribution >= 4 is 22.2 Å². The molecule has 3 nitrogen and oxygen atoms in total. The molecule has 3 aromatic rings. The van der Waals surface area contributed by atoms with Gasteiger partial charge < -0.3 is 10.1 Å². The van der Waals surface area contributed by atoms with Crippen molar-refractivity contribution in [1.29, 1.82) is 0 Å². The van der Waals surface area contributed by atoms with E-state index in [1.165, 1.54) is 29.5 Å². The molecule has 6 heteroatoms. The minimum absolute atomic E-state index is 0.256. The Labute approximate surface area is 155 Å².